The number of aromatic nitrogens is 5. The number of hydrogen-bond donors (Lipinski definition) is 0. The van der Waals surface area contributed by atoms with Crippen molar-refractivity contribution >= 4 is 32.7 Å². The highest BCUT2D eigenvalue weighted by molar-refractivity contribution is 6.19. The Morgan fingerprint density at radius 3 is 1.29 bits per heavy atom. The minimum Gasteiger partial charge on any atom is -0.456 e. The van der Waals surface area contributed by atoms with E-state index in [9.17, 15) is 0 Å². The van der Waals surface area contributed by atoms with Crippen molar-refractivity contribution in [2.45, 2.75) is 0 Å². The van der Waals surface area contributed by atoms with E-state index in [2.05, 4.69) is 152 Å². The molecular formula is C59H37N5O. The molecule has 0 radical (unpaired) electrons. The molecule has 0 amide bonds. The summed E-state index contributed by atoms with van der Waals surface area (Å²) in [5, 5.41) is 4.41. The minimum atomic E-state index is 0.583. The zero-order valence-corrected chi connectivity index (χ0v) is 35.0. The van der Waals surface area contributed by atoms with Gasteiger partial charge in [-0.2, -0.15) is 0 Å². The van der Waals surface area contributed by atoms with E-state index < -0.39 is 0 Å². The molecule has 304 valence electrons. The molecule has 0 spiro atoms. The summed E-state index contributed by atoms with van der Waals surface area (Å²) in [7, 11) is 0. The molecule has 0 atom stereocenters. The maximum atomic E-state index is 6.34. The van der Waals surface area contributed by atoms with Gasteiger partial charge >= 0.3 is 0 Å². The Kier molecular flexibility index (Phi) is 9.38. The van der Waals surface area contributed by atoms with E-state index in [1.807, 2.05) is 72.8 Å². The number of nitrogens with zero attached hydrogens (tertiary/aromatic N) is 5. The molecule has 65 heavy (non-hydrogen) atoms. The summed E-state index contributed by atoms with van der Waals surface area (Å²) >= 11 is 0. The molecule has 9 aromatic carbocycles. The average molecular weight is 832 g/mol. The highest BCUT2D eigenvalue weighted by atomic mass is 16.3. The van der Waals surface area contributed by atoms with Crippen LogP contribution in [0.5, 0.6) is 0 Å². The van der Waals surface area contributed by atoms with Crippen LogP contribution in [0.25, 0.3) is 123 Å². The van der Waals surface area contributed by atoms with Crippen LogP contribution >= 0.6 is 0 Å². The number of fused-ring (bicyclic) bond motifs is 5. The van der Waals surface area contributed by atoms with Crippen LogP contribution in [0.2, 0.25) is 0 Å². The van der Waals surface area contributed by atoms with Gasteiger partial charge in [0.25, 0.3) is 0 Å². The number of furan rings is 1. The Hall–Kier alpha value is -8.87. The van der Waals surface area contributed by atoms with Crippen molar-refractivity contribution in [3.63, 3.8) is 0 Å². The molecule has 6 nitrogen and oxygen atoms in total. The largest absolute Gasteiger partial charge is 0.456 e. The minimum absolute atomic E-state index is 0.583. The lowest BCUT2D eigenvalue weighted by Crippen LogP contribution is -2.00. The van der Waals surface area contributed by atoms with Crippen LogP contribution in [0.4, 0.5) is 0 Å². The summed E-state index contributed by atoms with van der Waals surface area (Å²) in [6.45, 7) is 0. The van der Waals surface area contributed by atoms with Crippen LogP contribution in [0.15, 0.2) is 229 Å². The van der Waals surface area contributed by atoms with Crippen molar-refractivity contribution in [1.82, 2.24) is 24.9 Å². The molecule has 0 saturated carbocycles. The highest BCUT2D eigenvalue weighted by Crippen LogP contribution is 2.38. The predicted molar refractivity (Wildman–Crippen MR) is 264 cm³/mol. The summed E-state index contributed by atoms with van der Waals surface area (Å²) in [4.78, 5) is 25.6. The van der Waals surface area contributed by atoms with Crippen LogP contribution in [0.3, 0.4) is 0 Å². The fourth-order valence-electron chi connectivity index (χ4n) is 8.68. The molecule has 6 heteroatoms. The van der Waals surface area contributed by atoms with Gasteiger partial charge < -0.3 is 4.42 Å². The Labute approximate surface area is 375 Å². The summed E-state index contributed by atoms with van der Waals surface area (Å²) in [5.41, 5.74) is 13.3. The van der Waals surface area contributed by atoms with Crippen LogP contribution < -0.4 is 0 Å². The van der Waals surface area contributed by atoms with Gasteiger partial charge in [0.2, 0.25) is 0 Å². The average Bonchev–Trinajstić information content (AvgIpc) is 3.78. The van der Waals surface area contributed by atoms with E-state index in [0.29, 0.717) is 23.3 Å². The Bertz CT molecular complexity index is 3720. The number of hydrogen-bond acceptors (Lipinski definition) is 6. The molecule has 12 aromatic rings. The van der Waals surface area contributed by atoms with E-state index in [1.54, 1.807) is 0 Å². The lowest BCUT2D eigenvalue weighted by Gasteiger charge is -2.12. The number of rotatable bonds is 8. The highest BCUT2D eigenvalue weighted by Gasteiger charge is 2.17. The van der Waals surface area contributed by atoms with Gasteiger partial charge in [-0.1, -0.05) is 176 Å². The fraction of sp³-hybridized carbons (Fsp3) is 0. The summed E-state index contributed by atoms with van der Waals surface area (Å²) in [6.07, 6.45) is 0. The van der Waals surface area contributed by atoms with Crippen LogP contribution in [-0.2, 0) is 0 Å². The zero-order valence-electron chi connectivity index (χ0n) is 35.0. The molecule has 0 aliphatic rings. The SMILES string of the molecule is c1ccc(-c2cccc(-c3cc(-c4cccc(-c5cccc(-c6nc(-c7ccccc7)nc(-c7ccc8oc9ccc%10ccccc%10c9c8c7)n6)c5)c4)nc(-c4ccccc4)n3)c2)cc1. The monoisotopic (exact) mass is 831 g/mol. The third-order valence-corrected chi connectivity index (χ3v) is 11.9. The van der Waals surface area contributed by atoms with Crippen LogP contribution in [-0.4, -0.2) is 24.9 Å². The summed E-state index contributed by atoms with van der Waals surface area (Å²) < 4.78 is 6.34. The van der Waals surface area contributed by atoms with Gasteiger partial charge in [0.05, 0.1) is 11.4 Å². The first-order chi connectivity index (χ1) is 32.2. The molecule has 12 rings (SSSR count). The van der Waals surface area contributed by atoms with Gasteiger partial charge in [-0.05, 0) is 81.6 Å². The van der Waals surface area contributed by atoms with Crippen molar-refractivity contribution in [3.8, 4) is 90.3 Å². The van der Waals surface area contributed by atoms with Crippen LogP contribution in [0, 0.1) is 0 Å². The molecule has 0 aliphatic heterocycles. The van der Waals surface area contributed by atoms with Crippen molar-refractivity contribution < 1.29 is 4.42 Å². The smallest absolute Gasteiger partial charge is 0.164 e. The lowest BCUT2D eigenvalue weighted by molar-refractivity contribution is 0.669. The Morgan fingerprint density at radius 2 is 0.677 bits per heavy atom. The van der Waals surface area contributed by atoms with Crippen molar-refractivity contribution in [1.29, 1.82) is 0 Å². The Balaban J connectivity index is 0.948. The molecule has 0 unspecified atom stereocenters. The van der Waals surface area contributed by atoms with Crippen molar-refractivity contribution in [3.05, 3.63) is 224 Å². The molecular weight excluding hydrogens is 795 g/mol. The molecule has 0 saturated heterocycles. The van der Waals surface area contributed by atoms with Crippen molar-refractivity contribution in [2.75, 3.05) is 0 Å². The first-order valence-corrected chi connectivity index (χ1v) is 21.6. The lowest BCUT2D eigenvalue weighted by atomic mass is 9.98. The van der Waals surface area contributed by atoms with E-state index in [4.69, 9.17) is 29.3 Å². The third-order valence-electron chi connectivity index (χ3n) is 11.9. The van der Waals surface area contributed by atoms with Gasteiger partial charge in [-0.15, -0.1) is 0 Å². The zero-order chi connectivity index (χ0) is 43.1. The second kappa shape index (κ2) is 16.1. The van der Waals surface area contributed by atoms with E-state index in [0.717, 1.165) is 99.7 Å². The predicted octanol–water partition coefficient (Wildman–Crippen LogP) is 15.1. The quantitative estimate of drug-likeness (QED) is 0.152. The van der Waals surface area contributed by atoms with E-state index in [1.165, 1.54) is 0 Å². The Morgan fingerprint density at radius 1 is 0.246 bits per heavy atom. The first kappa shape index (κ1) is 37.9. The fourth-order valence-corrected chi connectivity index (χ4v) is 8.68. The maximum absolute atomic E-state index is 6.34. The topological polar surface area (TPSA) is 77.6 Å². The van der Waals surface area contributed by atoms with E-state index >= 15 is 0 Å². The molecule has 0 aliphatic carbocycles. The van der Waals surface area contributed by atoms with Gasteiger partial charge in [0, 0.05) is 44.2 Å². The van der Waals surface area contributed by atoms with Gasteiger partial charge in [-0.3, -0.25) is 0 Å². The molecule has 0 bridgehead atoms. The second-order valence-electron chi connectivity index (χ2n) is 16.1. The van der Waals surface area contributed by atoms with Gasteiger partial charge in [0.15, 0.2) is 23.3 Å². The van der Waals surface area contributed by atoms with Gasteiger partial charge in [-0.25, -0.2) is 24.9 Å². The molecule has 0 N–H and O–H groups in total. The summed E-state index contributed by atoms with van der Waals surface area (Å²) in [5.74, 6) is 2.44. The van der Waals surface area contributed by atoms with E-state index in [-0.39, 0.29) is 0 Å². The molecule has 3 heterocycles. The third kappa shape index (κ3) is 7.29. The van der Waals surface area contributed by atoms with Crippen LogP contribution in [0.1, 0.15) is 0 Å². The second-order valence-corrected chi connectivity index (χ2v) is 16.1. The first-order valence-electron chi connectivity index (χ1n) is 21.6. The molecule has 3 aromatic heterocycles. The van der Waals surface area contributed by atoms with Crippen molar-refractivity contribution in [2.24, 2.45) is 0 Å². The van der Waals surface area contributed by atoms with Gasteiger partial charge in [0.1, 0.15) is 11.2 Å². The molecule has 0 fully saturated rings. The summed E-state index contributed by atoms with van der Waals surface area (Å²) in [6, 6.07) is 77.0. The number of benzene rings is 9. The standard InChI is InChI=1S/C59H37N5O/c1-4-15-38(16-5-1)42-22-12-25-45(33-42)51-37-52(61-56(60-51)40-18-6-2-7-19-40)46-26-13-23-43(34-46)44-24-14-27-47(35-44)58-62-57(41-20-8-3-9-21-41)63-59(64-58)48-30-31-53-50(36-48)55-49-28-11-10-17-39(49)29-32-54(55)65-53/h1-37H. The maximum Gasteiger partial charge on any atom is 0.164 e. The normalized spacial score (nSPS) is 11.4.